The van der Waals surface area contributed by atoms with Gasteiger partial charge in [0.15, 0.2) is 18.2 Å². The number of anilines is 1. The summed E-state index contributed by atoms with van der Waals surface area (Å²) in [5.41, 5.74) is 4.44. The van der Waals surface area contributed by atoms with Gasteiger partial charge in [-0.05, 0) is 60.7 Å². The Morgan fingerprint density at radius 1 is 0.781 bits per heavy atom. The summed E-state index contributed by atoms with van der Waals surface area (Å²) in [6.07, 6.45) is 3.05. The van der Waals surface area contributed by atoms with Gasteiger partial charge in [0, 0.05) is 27.9 Å². The second kappa shape index (κ2) is 7.89. The van der Waals surface area contributed by atoms with E-state index in [-0.39, 0.29) is 17.1 Å². The second-order valence-electron chi connectivity index (χ2n) is 7.93. The molecular weight excluding hydrogens is 406 g/mol. The van der Waals surface area contributed by atoms with E-state index in [1.54, 1.807) is 36.4 Å². The van der Waals surface area contributed by atoms with Gasteiger partial charge in [0.2, 0.25) is 0 Å². The Hall–Kier alpha value is -4.06. The van der Waals surface area contributed by atoms with Crippen LogP contribution in [-0.4, -0.2) is 30.0 Å². The van der Waals surface area contributed by atoms with E-state index >= 15 is 0 Å². The van der Waals surface area contributed by atoms with Crippen LogP contribution in [0.2, 0.25) is 0 Å². The smallest absolute Gasteiger partial charge is 0.338 e. The summed E-state index contributed by atoms with van der Waals surface area (Å²) in [4.78, 5) is 50.1. The maximum absolute atomic E-state index is 12.8. The molecule has 1 amide bonds. The number of carbonyl (C=O) groups is 4. The van der Waals surface area contributed by atoms with Gasteiger partial charge in [0.05, 0.1) is 5.56 Å². The molecule has 0 bridgehead atoms. The molecule has 32 heavy (non-hydrogen) atoms. The lowest BCUT2D eigenvalue weighted by Gasteiger charge is -2.18. The third-order valence-electron chi connectivity index (χ3n) is 5.88. The summed E-state index contributed by atoms with van der Waals surface area (Å²) in [5, 5.41) is 2.62. The molecule has 3 aromatic rings. The Balaban J connectivity index is 1.26. The van der Waals surface area contributed by atoms with Crippen LogP contribution in [0, 0.1) is 0 Å². The summed E-state index contributed by atoms with van der Waals surface area (Å²) < 4.78 is 5.15. The van der Waals surface area contributed by atoms with Gasteiger partial charge in [-0.25, -0.2) is 4.79 Å². The number of ketones is 2. The lowest BCUT2D eigenvalue weighted by Crippen LogP contribution is -2.23. The number of nitrogens with one attached hydrogen (secondary N) is 1. The van der Waals surface area contributed by atoms with E-state index < -0.39 is 18.5 Å². The van der Waals surface area contributed by atoms with Gasteiger partial charge in [0.1, 0.15) is 0 Å². The van der Waals surface area contributed by atoms with Crippen molar-refractivity contribution in [2.75, 3.05) is 11.9 Å². The van der Waals surface area contributed by atoms with E-state index in [0.717, 1.165) is 24.8 Å². The Kier molecular flexibility index (Phi) is 4.90. The molecule has 0 aromatic heterocycles. The zero-order valence-electron chi connectivity index (χ0n) is 17.1. The van der Waals surface area contributed by atoms with Gasteiger partial charge in [-0.15, -0.1) is 0 Å². The van der Waals surface area contributed by atoms with Crippen molar-refractivity contribution in [2.24, 2.45) is 0 Å². The lowest BCUT2D eigenvalue weighted by atomic mass is 9.84. The topological polar surface area (TPSA) is 89.5 Å². The van der Waals surface area contributed by atoms with Crippen LogP contribution in [0.5, 0.6) is 0 Å². The summed E-state index contributed by atoms with van der Waals surface area (Å²) >= 11 is 0. The largest absolute Gasteiger partial charge is 0.452 e. The summed E-state index contributed by atoms with van der Waals surface area (Å²) in [7, 11) is 0. The molecule has 3 aromatic carbocycles. The van der Waals surface area contributed by atoms with Crippen LogP contribution < -0.4 is 5.32 Å². The SMILES string of the molecule is O=C(COC(=O)c1ccc2c(c1)CCC2)Nc1ccc2c(c1)C(=O)c1ccccc1C2=O. The van der Waals surface area contributed by atoms with E-state index in [9.17, 15) is 19.2 Å². The minimum Gasteiger partial charge on any atom is -0.452 e. The monoisotopic (exact) mass is 425 g/mol. The molecule has 0 saturated heterocycles. The highest BCUT2D eigenvalue weighted by Crippen LogP contribution is 2.29. The van der Waals surface area contributed by atoms with E-state index in [1.807, 2.05) is 12.1 Å². The van der Waals surface area contributed by atoms with Crippen LogP contribution in [0.4, 0.5) is 5.69 Å². The minimum absolute atomic E-state index is 0.226. The third kappa shape index (κ3) is 3.50. The Labute approximate surface area is 184 Å². The quantitative estimate of drug-likeness (QED) is 0.503. The van der Waals surface area contributed by atoms with Gasteiger partial charge >= 0.3 is 5.97 Å². The summed E-state index contributed by atoms with van der Waals surface area (Å²) in [6, 6.07) is 16.7. The van der Waals surface area contributed by atoms with Crippen LogP contribution >= 0.6 is 0 Å². The van der Waals surface area contributed by atoms with Crippen LogP contribution in [-0.2, 0) is 22.4 Å². The first kappa shape index (κ1) is 19.9. The standard InChI is InChI=1S/C26H19NO5/c28-23(14-32-26(31)17-9-8-15-4-3-5-16(15)12-17)27-18-10-11-21-22(13-18)25(30)20-7-2-1-6-19(20)24(21)29/h1-2,6-13H,3-5,14H2,(H,27,28). The Bertz CT molecular complexity index is 1310. The van der Waals surface area contributed by atoms with Crippen molar-refractivity contribution in [1.29, 1.82) is 0 Å². The normalized spacial score (nSPS) is 13.8. The molecule has 0 fully saturated rings. The van der Waals surface area contributed by atoms with E-state index in [1.165, 1.54) is 17.7 Å². The van der Waals surface area contributed by atoms with Crippen LogP contribution in [0.15, 0.2) is 60.7 Å². The third-order valence-corrected chi connectivity index (χ3v) is 5.88. The second-order valence-corrected chi connectivity index (χ2v) is 7.93. The Morgan fingerprint density at radius 2 is 1.47 bits per heavy atom. The number of ether oxygens (including phenoxy) is 1. The zero-order valence-corrected chi connectivity index (χ0v) is 17.1. The molecule has 0 unspecified atom stereocenters. The number of benzene rings is 3. The van der Waals surface area contributed by atoms with Crippen molar-refractivity contribution >= 4 is 29.1 Å². The molecule has 0 saturated carbocycles. The van der Waals surface area contributed by atoms with Crippen molar-refractivity contribution in [2.45, 2.75) is 19.3 Å². The minimum atomic E-state index is -0.558. The zero-order chi connectivity index (χ0) is 22.2. The molecule has 2 aliphatic carbocycles. The number of carbonyl (C=O) groups excluding carboxylic acids is 4. The predicted molar refractivity (Wildman–Crippen MR) is 117 cm³/mol. The average molecular weight is 425 g/mol. The first-order valence-electron chi connectivity index (χ1n) is 10.4. The fourth-order valence-electron chi connectivity index (χ4n) is 4.29. The van der Waals surface area contributed by atoms with Gasteiger partial charge < -0.3 is 10.1 Å². The Morgan fingerprint density at radius 3 is 2.25 bits per heavy atom. The fraction of sp³-hybridized carbons (Fsp3) is 0.154. The highest BCUT2D eigenvalue weighted by molar-refractivity contribution is 6.28. The number of rotatable bonds is 4. The molecule has 0 radical (unpaired) electrons. The molecule has 0 atom stereocenters. The van der Waals surface area contributed by atoms with Crippen molar-refractivity contribution in [3.05, 3.63) is 99.6 Å². The van der Waals surface area contributed by atoms with E-state index in [0.29, 0.717) is 27.9 Å². The summed E-state index contributed by atoms with van der Waals surface area (Å²) in [6.45, 7) is -0.456. The van der Waals surface area contributed by atoms with E-state index in [2.05, 4.69) is 5.32 Å². The number of fused-ring (bicyclic) bond motifs is 3. The van der Waals surface area contributed by atoms with Crippen molar-refractivity contribution in [3.63, 3.8) is 0 Å². The number of hydrogen-bond donors (Lipinski definition) is 1. The first-order chi connectivity index (χ1) is 15.5. The molecule has 1 N–H and O–H groups in total. The van der Waals surface area contributed by atoms with Crippen LogP contribution in [0.3, 0.4) is 0 Å². The molecule has 0 aliphatic heterocycles. The molecule has 5 rings (SSSR count). The van der Waals surface area contributed by atoms with Gasteiger partial charge in [-0.2, -0.15) is 0 Å². The van der Waals surface area contributed by atoms with Crippen molar-refractivity contribution in [1.82, 2.24) is 0 Å². The van der Waals surface area contributed by atoms with Gasteiger partial charge in [0.25, 0.3) is 5.91 Å². The maximum Gasteiger partial charge on any atom is 0.338 e. The molecule has 6 nitrogen and oxygen atoms in total. The first-order valence-corrected chi connectivity index (χ1v) is 10.4. The average Bonchev–Trinajstić information content (AvgIpc) is 3.29. The van der Waals surface area contributed by atoms with E-state index in [4.69, 9.17) is 4.74 Å². The highest BCUT2D eigenvalue weighted by atomic mass is 16.5. The lowest BCUT2D eigenvalue weighted by molar-refractivity contribution is -0.119. The number of amides is 1. The fourth-order valence-corrected chi connectivity index (χ4v) is 4.29. The van der Waals surface area contributed by atoms with Gasteiger partial charge in [-0.3, -0.25) is 14.4 Å². The molecule has 0 heterocycles. The molecule has 2 aliphatic rings. The van der Waals surface area contributed by atoms with Crippen LogP contribution in [0.1, 0.15) is 59.7 Å². The van der Waals surface area contributed by atoms with Gasteiger partial charge in [-0.1, -0.05) is 30.3 Å². The summed E-state index contributed by atoms with van der Waals surface area (Å²) in [5.74, 6) is -1.59. The molecule has 0 spiro atoms. The van der Waals surface area contributed by atoms with Crippen LogP contribution in [0.25, 0.3) is 0 Å². The predicted octanol–water partition coefficient (Wildman–Crippen LogP) is 3.75. The highest BCUT2D eigenvalue weighted by Gasteiger charge is 2.29. The molecular formula is C26H19NO5. The number of aryl methyl sites for hydroxylation is 2. The van der Waals surface area contributed by atoms with Crippen molar-refractivity contribution in [3.8, 4) is 0 Å². The van der Waals surface area contributed by atoms with Crippen molar-refractivity contribution < 1.29 is 23.9 Å². The molecule has 158 valence electrons. The number of esters is 1. The number of hydrogen-bond acceptors (Lipinski definition) is 5. The maximum atomic E-state index is 12.8. The molecule has 6 heteroatoms.